The number of rotatable bonds is 7. The number of aliphatic carboxylic acids is 1. The lowest BCUT2D eigenvalue weighted by molar-refractivity contribution is -0.152. The fourth-order valence-electron chi connectivity index (χ4n) is 3.43. The number of allylic oxidation sites excluding steroid dienone is 1. The molecule has 0 bridgehead atoms. The maximum Gasteiger partial charge on any atom is 0.347 e. The summed E-state index contributed by atoms with van der Waals surface area (Å²) in [6, 6.07) is 13.3. The molecule has 0 saturated carbocycles. The van der Waals surface area contributed by atoms with Crippen molar-refractivity contribution in [2.45, 2.75) is 33.3 Å². The monoisotopic (exact) mass is 432 g/mol. The Kier molecular flexibility index (Phi) is 6.35. The van der Waals surface area contributed by atoms with Gasteiger partial charge in [0.15, 0.2) is 11.4 Å². The van der Waals surface area contributed by atoms with Crippen molar-refractivity contribution in [3.05, 3.63) is 70.8 Å². The van der Waals surface area contributed by atoms with Gasteiger partial charge in [-0.25, -0.2) is 9.78 Å². The molecule has 0 aliphatic carbocycles. The second-order valence-electron chi connectivity index (χ2n) is 8.55. The van der Waals surface area contributed by atoms with Crippen molar-refractivity contribution in [2.75, 3.05) is 19.0 Å². The number of anilines is 1. The normalized spacial score (nSPS) is 11.7. The van der Waals surface area contributed by atoms with Gasteiger partial charge in [-0.15, -0.1) is 0 Å². The molecule has 6 heteroatoms. The van der Waals surface area contributed by atoms with Gasteiger partial charge in [0.1, 0.15) is 11.6 Å². The van der Waals surface area contributed by atoms with E-state index in [4.69, 9.17) is 4.74 Å². The predicted molar refractivity (Wildman–Crippen MR) is 128 cm³/mol. The Hall–Kier alpha value is -3.67. The molecule has 0 radical (unpaired) electrons. The first-order valence-electron chi connectivity index (χ1n) is 10.3. The van der Waals surface area contributed by atoms with E-state index in [0.29, 0.717) is 17.1 Å². The Labute approximate surface area is 188 Å². The molecule has 0 atom stereocenters. The lowest BCUT2D eigenvalue weighted by Crippen LogP contribution is -2.38. The Bertz CT molecular complexity index is 1200. The van der Waals surface area contributed by atoms with Gasteiger partial charge in [-0.2, -0.15) is 0 Å². The third kappa shape index (κ3) is 4.80. The molecular formula is C26H28N2O4. The van der Waals surface area contributed by atoms with E-state index in [-0.39, 0.29) is 5.78 Å². The summed E-state index contributed by atoms with van der Waals surface area (Å²) < 4.78 is 5.75. The molecule has 0 spiro atoms. The van der Waals surface area contributed by atoms with Crippen molar-refractivity contribution in [1.29, 1.82) is 0 Å². The highest BCUT2D eigenvalue weighted by Gasteiger charge is 2.30. The van der Waals surface area contributed by atoms with Crippen molar-refractivity contribution in [3.63, 3.8) is 0 Å². The quantitative estimate of drug-likeness (QED) is 0.415. The number of aryl methyl sites for hydroxylation is 2. The fraction of sp³-hybridized carbons (Fsp3) is 0.269. The lowest BCUT2D eigenvalue weighted by atomic mass is 10.0. The third-order valence-corrected chi connectivity index (χ3v) is 5.17. The molecule has 0 saturated heterocycles. The Morgan fingerprint density at radius 3 is 2.28 bits per heavy atom. The van der Waals surface area contributed by atoms with Crippen LogP contribution in [0.2, 0.25) is 0 Å². The van der Waals surface area contributed by atoms with Crippen molar-refractivity contribution in [2.24, 2.45) is 0 Å². The molecule has 1 heterocycles. The van der Waals surface area contributed by atoms with Crippen LogP contribution >= 0.6 is 0 Å². The van der Waals surface area contributed by atoms with Gasteiger partial charge in [0, 0.05) is 19.5 Å². The summed E-state index contributed by atoms with van der Waals surface area (Å²) in [4.78, 5) is 30.9. The average molecular weight is 433 g/mol. The first-order chi connectivity index (χ1) is 15.0. The van der Waals surface area contributed by atoms with Gasteiger partial charge >= 0.3 is 5.97 Å². The largest absolute Gasteiger partial charge is 0.478 e. The van der Waals surface area contributed by atoms with Crippen LogP contribution in [-0.2, 0) is 4.79 Å². The van der Waals surface area contributed by atoms with Crippen LogP contribution in [0.4, 0.5) is 5.82 Å². The van der Waals surface area contributed by atoms with Gasteiger partial charge in [-0.1, -0.05) is 24.3 Å². The number of carbonyl (C=O) groups excluding carboxylic acids is 1. The lowest BCUT2D eigenvalue weighted by Gasteiger charge is -2.24. The number of aromatic nitrogens is 1. The molecule has 0 aliphatic heterocycles. The minimum Gasteiger partial charge on any atom is -0.478 e. The number of carboxylic acids is 1. The van der Waals surface area contributed by atoms with Crippen molar-refractivity contribution >= 4 is 34.5 Å². The van der Waals surface area contributed by atoms with Crippen LogP contribution < -0.4 is 9.64 Å². The molecule has 1 N–H and O–H groups in total. The van der Waals surface area contributed by atoms with Crippen LogP contribution in [0.5, 0.6) is 5.75 Å². The summed E-state index contributed by atoms with van der Waals surface area (Å²) in [5, 5.41) is 10.2. The highest BCUT2D eigenvalue weighted by Crippen LogP contribution is 2.29. The summed E-state index contributed by atoms with van der Waals surface area (Å²) in [7, 11) is 3.73. The molecule has 0 unspecified atom stereocenters. The van der Waals surface area contributed by atoms with Gasteiger partial charge < -0.3 is 14.7 Å². The molecule has 0 aliphatic rings. The Morgan fingerprint density at radius 2 is 1.69 bits per heavy atom. The highest BCUT2D eigenvalue weighted by atomic mass is 16.5. The average Bonchev–Trinajstić information content (AvgIpc) is 2.73. The van der Waals surface area contributed by atoms with Crippen molar-refractivity contribution in [3.8, 4) is 5.75 Å². The maximum atomic E-state index is 13.0. The number of hydrogen-bond acceptors (Lipinski definition) is 5. The number of ether oxygens (including phenoxy) is 1. The number of fused-ring (bicyclic) bond motifs is 1. The van der Waals surface area contributed by atoms with E-state index in [9.17, 15) is 14.7 Å². The van der Waals surface area contributed by atoms with Gasteiger partial charge in [0.2, 0.25) is 0 Å². The molecule has 3 rings (SSSR count). The van der Waals surface area contributed by atoms with E-state index in [1.54, 1.807) is 6.08 Å². The summed E-state index contributed by atoms with van der Waals surface area (Å²) in [6.45, 7) is 6.74. The van der Waals surface area contributed by atoms with Gasteiger partial charge in [0.05, 0.1) is 11.1 Å². The molecule has 1 aromatic heterocycles. The van der Waals surface area contributed by atoms with Crippen LogP contribution in [0.1, 0.15) is 40.9 Å². The molecule has 6 nitrogen and oxygen atoms in total. The topological polar surface area (TPSA) is 79.7 Å². The second kappa shape index (κ2) is 8.83. The van der Waals surface area contributed by atoms with Crippen molar-refractivity contribution < 1.29 is 19.4 Å². The molecule has 0 fully saturated rings. The smallest absolute Gasteiger partial charge is 0.347 e. The van der Waals surface area contributed by atoms with Crippen LogP contribution in [0.25, 0.3) is 17.0 Å². The van der Waals surface area contributed by atoms with E-state index < -0.39 is 11.6 Å². The number of pyridine rings is 1. The van der Waals surface area contributed by atoms with E-state index in [1.807, 2.05) is 75.3 Å². The summed E-state index contributed by atoms with van der Waals surface area (Å²) in [5.41, 5.74) is 2.45. The zero-order valence-electron chi connectivity index (χ0n) is 19.3. The van der Waals surface area contributed by atoms with Crippen molar-refractivity contribution in [1.82, 2.24) is 4.98 Å². The van der Waals surface area contributed by atoms with Crippen LogP contribution in [0.15, 0.2) is 48.5 Å². The number of nitrogens with zero attached hydrogens (tertiary/aromatic N) is 2. The second-order valence-corrected chi connectivity index (χ2v) is 8.55. The zero-order chi connectivity index (χ0) is 23.6. The number of benzene rings is 2. The maximum absolute atomic E-state index is 13.0. The fourth-order valence-corrected chi connectivity index (χ4v) is 3.43. The molecular weight excluding hydrogens is 404 g/mol. The molecule has 2 aromatic carbocycles. The molecule has 166 valence electrons. The van der Waals surface area contributed by atoms with E-state index >= 15 is 0 Å². The summed E-state index contributed by atoms with van der Waals surface area (Å²) in [6.07, 6.45) is 3.29. The number of carboxylic acid groups (broad SMARTS) is 1. The third-order valence-electron chi connectivity index (χ3n) is 5.17. The van der Waals surface area contributed by atoms with E-state index in [2.05, 4.69) is 4.98 Å². The minimum atomic E-state index is -1.34. The Balaban J connectivity index is 1.92. The van der Waals surface area contributed by atoms with Gasteiger partial charge in [-0.05, 0) is 74.7 Å². The number of carbonyl (C=O) groups is 2. The zero-order valence-corrected chi connectivity index (χ0v) is 19.3. The highest BCUT2D eigenvalue weighted by molar-refractivity contribution is 6.11. The molecule has 32 heavy (non-hydrogen) atoms. The minimum absolute atomic E-state index is 0.144. The SMILES string of the molecule is Cc1cc(/C=C/C(=O)c2cc3ccccc3nc2N(C)C)cc(C)c1OC(C)(C)C(=O)O. The summed E-state index contributed by atoms with van der Waals surface area (Å²) >= 11 is 0. The first kappa shape index (κ1) is 23.0. The van der Waals surface area contributed by atoms with Crippen LogP contribution in [0, 0.1) is 13.8 Å². The molecule has 3 aromatic rings. The number of para-hydroxylation sites is 1. The predicted octanol–water partition coefficient (Wildman–Crippen LogP) is 5.06. The van der Waals surface area contributed by atoms with E-state index in [1.165, 1.54) is 19.9 Å². The Morgan fingerprint density at radius 1 is 1.06 bits per heavy atom. The van der Waals surface area contributed by atoms with Crippen LogP contribution in [0.3, 0.4) is 0 Å². The first-order valence-corrected chi connectivity index (χ1v) is 10.3. The number of ketones is 1. The number of hydrogen-bond donors (Lipinski definition) is 1. The van der Waals surface area contributed by atoms with Crippen LogP contribution in [-0.4, -0.2) is 41.5 Å². The summed E-state index contributed by atoms with van der Waals surface area (Å²) in [5.74, 6) is -0.0268. The molecule has 0 amide bonds. The van der Waals surface area contributed by atoms with E-state index in [0.717, 1.165) is 27.6 Å². The standard InChI is InChI=1S/C26H28N2O4/c1-16-13-18(14-17(2)23(16)32-26(3,4)25(30)31)11-12-22(29)20-15-19-9-7-8-10-21(19)27-24(20)28(5)6/h7-15H,1-6H3,(H,30,31)/b12-11+. The van der Waals surface area contributed by atoms with Gasteiger partial charge in [-0.3, -0.25) is 4.79 Å². The van der Waals surface area contributed by atoms with Gasteiger partial charge in [0.25, 0.3) is 0 Å².